The van der Waals surface area contributed by atoms with Crippen LogP contribution in [0.3, 0.4) is 0 Å². The van der Waals surface area contributed by atoms with Crippen LogP contribution in [0.4, 0.5) is 5.69 Å². The van der Waals surface area contributed by atoms with Crippen molar-refractivity contribution in [1.29, 1.82) is 0 Å². The van der Waals surface area contributed by atoms with Gasteiger partial charge in [0.15, 0.2) is 0 Å². The Labute approximate surface area is 75.9 Å². The molecule has 60 valence electrons. The quantitative estimate of drug-likeness (QED) is 0.402. The second kappa shape index (κ2) is 4.54. The van der Waals surface area contributed by atoms with Crippen LogP contribution in [0.5, 0.6) is 0 Å². The monoisotopic (exact) mass is 177 g/mol. The van der Waals surface area contributed by atoms with Gasteiger partial charge in [0.25, 0.3) is 0 Å². The maximum Gasteiger partial charge on any atom is 0.124 e. The first-order valence-electron chi connectivity index (χ1n) is 3.47. The zero-order valence-corrected chi connectivity index (χ0v) is 7.17. The highest BCUT2D eigenvalue weighted by Crippen LogP contribution is 2.11. The molecule has 1 aromatic rings. The molecule has 0 aliphatic heterocycles. The molecule has 12 heavy (non-hydrogen) atoms. The first kappa shape index (κ1) is 8.78. The van der Waals surface area contributed by atoms with E-state index in [9.17, 15) is 4.79 Å². The van der Waals surface area contributed by atoms with Gasteiger partial charge in [0.05, 0.1) is 10.8 Å². The highest BCUT2D eigenvalue weighted by Gasteiger charge is 1.90. The van der Waals surface area contributed by atoms with Crippen LogP contribution in [0.2, 0.25) is 0 Å². The summed E-state index contributed by atoms with van der Waals surface area (Å²) >= 11 is 4.45. The summed E-state index contributed by atoms with van der Waals surface area (Å²) in [4.78, 5) is 13.9. The van der Waals surface area contributed by atoms with Crippen molar-refractivity contribution in [2.45, 2.75) is 6.42 Å². The Morgan fingerprint density at radius 2 is 2.08 bits per heavy atom. The molecule has 0 fully saturated rings. The second-order valence-electron chi connectivity index (χ2n) is 2.24. The van der Waals surface area contributed by atoms with Gasteiger partial charge in [-0.2, -0.15) is 4.99 Å². The van der Waals surface area contributed by atoms with E-state index in [-0.39, 0.29) is 0 Å². The standard InChI is InChI=1S/C9H7NOS/c11-6-5-8-1-3-9(4-2-8)10-7-12/h1-4,6H,5H2. The zero-order chi connectivity index (χ0) is 8.81. The molecule has 0 aliphatic carbocycles. The number of carbonyl (C=O) groups excluding carboxylic acids is 1. The fourth-order valence-electron chi connectivity index (χ4n) is 0.855. The van der Waals surface area contributed by atoms with Gasteiger partial charge in [-0.1, -0.05) is 12.1 Å². The SMILES string of the molecule is O=CCc1ccc(N=C=S)cc1. The summed E-state index contributed by atoms with van der Waals surface area (Å²) in [6.45, 7) is 0. The molecular weight excluding hydrogens is 170 g/mol. The summed E-state index contributed by atoms with van der Waals surface area (Å²) in [6, 6.07) is 7.30. The molecular formula is C9H7NOS. The average Bonchev–Trinajstić information content (AvgIpc) is 2.09. The van der Waals surface area contributed by atoms with Crippen LogP contribution in [-0.4, -0.2) is 11.4 Å². The molecule has 3 heteroatoms. The molecule has 0 radical (unpaired) electrons. The topological polar surface area (TPSA) is 29.4 Å². The first-order valence-corrected chi connectivity index (χ1v) is 3.88. The number of isothiocyanates is 1. The Morgan fingerprint density at radius 3 is 2.58 bits per heavy atom. The van der Waals surface area contributed by atoms with Crippen LogP contribution in [0.25, 0.3) is 0 Å². The lowest BCUT2D eigenvalue weighted by molar-refractivity contribution is -0.107. The van der Waals surface area contributed by atoms with Gasteiger partial charge in [0, 0.05) is 6.42 Å². The maximum atomic E-state index is 10.1. The minimum absolute atomic E-state index is 0.446. The summed E-state index contributed by atoms with van der Waals surface area (Å²) in [5.74, 6) is 0. The van der Waals surface area contributed by atoms with E-state index in [1.54, 1.807) is 12.1 Å². The summed E-state index contributed by atoms with van der Waals surface area (Å²) in [5.41, 5.74) is 1.74. The van der Waals surface area contributed by atoms with Gasteiger partial charge >= 0.3 is 0 Å². The van der Waals surface area contributed by atoms with Crippen LogP contribution < -0.4 is 0 Å². The van der Waals surface area contributed by atoms with Crippen molar-refractivity contribution in [3.05, 3.63) is 29.8 Å². The number of carbonyl (C=O) groups is 1. The molecule has 0 spiro atoms. The molecule has 1 aromatic carbocycles. The Bertz CT molecular complexity index is 312. The molecule has 0 heterocycles. The van der Waals surface area contributed by atoms with Crippen molar-refractivity contribution in [2.24, 2.45) is 4.99 Å². The lowest BCUT2D eigenvalue weighted by Gasteiger charge is -1.93. The largest absolute Gasteiger partial charge is 0.303 e. The number of benzene rings is 1. The van der Waals surface area contributed by atoms with Crippen molar-refractivity contribution < 1.29 is 4.79 Å². The third-order valence-electron chi connectivity index (χ3n) is 1.43. The molecule has 2 nitrogen and oxygen atoms in total. The molecule has 0 aliphatic rings. The molecule has 0 saturated carbocycles. The van der Waals surface area contributed by atoms with Crippen LogP contribution in [-0.2, 0) is 11.2 Å². The predicted octanol–water partition coefficient (Wildman–Crippen LogP) is 2.16. The van der Waals surface area contributed by atoms with E-state index >= 15 is 0 Å². The minimum Gasteiger partial charge on any atom is -0.303 e. The van der Waals surface area contributed by atoms with Crippen LogP contribution in [0.1, 0.15) is 5.56 Å². The summed E-state index contributed by atoms with van der Waals surface area (Å²) in [7, 11) is 0. The predicted molar refractivity (Wildman–Crippen MR) is 50.9 cm³/mol. The Hall–Kier alpha value is -1.31. The third-order valence-corrected chi connectivity index (χ3v) is 1.52. The van der Waals surface area contributed by atoms with Gasteiger partial charge in [-0.25, -0.2) is 0 Å². The maximum absolute atomic E-state index is 10.1. The number of nitrogens with zero attached hydrogens (tertiary/aromatic N) is 1. The molecule has 0 bridgehead atoms. The van der Waals surface area contributed by atoms with Crippen molar-refractivity contribution in [3.8, 4) is 0 Å². The van der Waals surface area contributed by atoms with Crippen molar-refractivity contribution in [3.63, 3.8) is 0 Å². The van der Waals surface area contributed by atoms with Gasteiger partial charge in [-0.15, -0.1) is 0 Å². The minimum atomic E-state index is 0.446. The number of hydrogen-bond donors (Lipinski definition) is 0. The molecule has 0 amide bonds. The Kier molecular flexibility index (Phi) is 3.33. The van der Waals surface area contributed by atoms with E-state index in [4.69, 9.17) is 0 Å². The lowest BCUT2D eigenvalue weighted by atomic mass is 10.1. The number of aldehydes is 1. The summed E-state index contributed by atoms with van der Waals surface area (Å²) in [5, 5.41) is 2.27. The van der Waals surface area contributed by atoms with E-state index < -0.39 is 0 Å². The highest BCUT2D eigenvalue weighted by molar-refractivity contribution is 7.78. The lowest BCUT2D eigenvalue weighted by Crippen LogP contribution is -1.83. The van der Waals surface area contributed by atoms with E-state index in [1.165, 1.54) is 0 Å². The first-order chi connectivity index (χ1) is 5.86. The smallest absolute Gasteiger partial charge is 0.124 e. The molecule has 0 saturated heterocycles. The normalized spacial score (nSPS) is 8.67. The molecule has 0 atom stereocenters. The van der Waals surface area contributed by atoms with Gasteiger partial charge in [-0.05, 0) is 29.9 Å². The van der Waals surface area contributed by atoms with E-state index in [1.807, 2.05) is 12.1 Å². The summed E-state index contributed by atoms with van der Waals surface area (Å²) in [6.07, 6.45) is 1.32. The Balaban J connectivity index is 2.84. The summed E-state index contributed by atoms with van der Waals surface area (Å²) < 4.78 is 0. The molecule has 1 rings (SSSR count). The van der Waals surface area contributed by atoms with Gasteiger partial charge in [0.2, 0.25) is 0 Å². The van der Waals surface area contributed by atoms with Gasteiger partial charge < -0.3 is 4.79 Å². The third kappa shape index (κ3) is 2.38. The number of hydrogen-bond acceptors (Lipinski definition) is 3. The van der Waals surface area contributed by atoms with E-state index in [2.05, 4.69) is 22.4 Å². The van der Waals surface area contributed by atoms with Gasteiger partial charge in [0.1, 0.15) is 6.29 Å². The van der Waals surface area contributed by atoms with Crippen LogP contribution in [0.15, 0.2) is 29.3 Å². The second-order valence-corrected chi connectivity index (χ2v) is 2.42. The number of thiocarbonyl (C=S) groups is 1. The highest BCUT2D eigenvalue weighted by atomic mass is 32.1. The molecule has 0 aromatic heterocycles. The number of aliphatic imine (C=N–C) groups is 1. The van der Waals surface area contributed by atoms with E-state index in [0.29, 0.717) is 6.42 Å². The van der Waals surface area contributed by atoms with Crippen LogP contribution in [0, 0.1) is 0 Å². The zero-order valence-electron chi connectivity index (χ0n) is 6.36. The van der Waals surface area contributed by atoms with Crippen molar-refractivity contribution in [1.82, 2.24) is 0 Å². The van der Waals surface area contributed by atoms with Gasteiger partial charge in [-0.3, -0.25) is 0 Å². The van der Waals surface area contributed by atoms with Crippen LogP contribution >= 0.6 is 12.2 Å². The Morgan fingerprint density at radius 1 is 1.42 bits per heavy atom. The van der Waals surface area contributed by atoms with Crippen molar-refractivity contribution >= 4 is 29.4 Å². The van der Waals surface area contributed by atoms with Crippen molar-refractivity contribution in [2.75, 3.05) is 0 Å². The number of rotatable bonds is 3. The fourth-order valence-corrected chi connectivity index (χ4v) is 0.961. The molecule has 0 N–H and O–H groups in total. The fraction of sp³-hybridized carbons (Fsp3) is 0.111. The average molecular weight is 177 g/mol. The molecule has 0 unspecified atom stereocenters. The van der Waals surface area contributed by atoms with E-state index in [0.717, 1.165) is 17.5 Å².